The number of amides is 1. The van der Waals surface area contributed by atoms with Crippen LogP contribution in [-0.2, 0) is 17.8 Å². The number of benzene rings is 1. The van der Waals surface area contributed by atoms with Crippen LogP contribution < -0.4 is 22.3 Å². The van der Waals surface area contributed by atoms with Crippen LogP contribution in [0.1, 0.15) is 49.8 Å². The lowest BCUT2D eigenvalue weighted by atomic mass is 9.53. The third kappa shape index (κ3) is 4.70. The number of carbonyl (C=O) groups excluding carboxylic acids is 1. The van der Waals surface area contributed by atoms with Crippen molar-refractivity contribution < 1.29 is 21.8 Å². The molecule has 0 atom stereocenters. The number of carbonyl (C=O) groups is 1. The minimum atomic E-state index is 0. The van der Waals surface area contributed by atoms with Gasteiger partial charge in [0.25, 0.3) is 5.91 Å². The highest BCUT2D eigenvalue weighted by atomic mass is 35.5. The molecule has 4 aliphatic carbocycles. The molecule has 3 aromatic rings. The van der Waals surface area contributed by atoms with Gasteiger partial charge in [0.2, 0.25) is 6.54 Å². The van der Waals surface area contributed by atoms with Crippen molar-refractivity contribution in [1.82, 2.24) is 15.5 Å². The lowest BCUT2D eigenvalue weighted by molar-refractivity contribution is -0.684. The van der Waals surface area contributed by atoms with Gasteiger partial charge in [-0.2, -0.15) is 9.67 Å². The Kier molecular flexibility index (Phi) is 6.00. The van der Waals surface area contributed by atoms with Crippen molar-refractivity contribution in [3.8, 4) is 11.3 Å². The van der Waals surface area contributed by atoms with Crippen LogP contribution in [0.3, 0.4) is 0 Å². The summed E-state index contributed by atoms with van der Waals surface area (Å²) in [4.78, 5) is 13.0. The van der Waals surface area contributed by atoms with Crippen molar-refractivity contribution in [1.29, 1.82) is 0 Å². The van der Waals surface area contributed by atoms with Gasteiger partial charge in [-0.1, -0.05) is 30.3 Å². The fourth-order valence-corrected chi connectivity index (χ4v) is 6.95. The van der Waals surface area contributed by atoms with E-state index >= 15 is 0 Å². The van der Waals surface area contributed by atoms with Crippen molar-refractivity contribution in [2.45, 2.75) is 57.0 Å². The number of H-pyrrole nitrogens is 1. The van der Waals surface area contributed by atoms with Gasteiger partial charge in [-0.15, -0.1) is 0 Å². The molecule has 172 valence electrons. The first kappa shape index (κ1) is 22.1. The SMILES string of the molecule is O=C(C[n+]1cccc(-c2cc(Cc3ccccc3)n[nH]2)c1)NC12CC3CC(CC(C3)C1)C2.[Cl-]. The zero-order valence-corrected chi connectivity index (χ0v) is 19.6. The predicted molar refractivity (Wildman–Crippen MR) is 123 cm³/mol. The van der Waals surface area contributed by atoms with Crippen molar-refractivity contribution in [3.63, 3.8) is 0 Å². The lowest BCUT2D eigenvalue weighted by Gasteiger charge is -2.56. The maximum absolute atomic E-state index is 13.0. The summed E-state index contributed by atoms with van der Waals surface area (Å²) in [5.74, 6) is 2.65. The largest absolute Gasteiger partial charge is 1.00 e. The zero-order chi connectivity index (χ0) is 21.5. The first-order valence-corrected chi connectivity index (χ1v) is 12.0. The van der Waals surface area contributed by atoms with Gasteiger partial charge in [-0.3, -0.25) is 9.89 Å². The molecule has 4 bridgehead atoms. The molecule has 0 saturated heterocycles. The van der Waals surface area contributed by atoms with E-state index in [2.05, 4.69) is 51.9 Å². The summed E-state index contributed by atoms with van der Waals surface area (Å²) in [5, 5.41) is 11.1. The average molecular weight is 463 g/mol. The van der Waals surface area contributed by atoms with Crippen LogP contribution in [0.25, 0.3) is 11.3 Å². The maximum Gasteiger partial charge on any atom is 0.286 e. The summed E-state index contributed by atoms with van der Waals surface area (Å²) < 4.78 is 1.99. The summed E-state index contributed by atoms with van der Waals surface area (Å²) in [6.45, 7) is 0.362. The summed E-state index contributed by atoms with van der Waals surface area (Å²) in [6, 6.07) is 16.5. The second-order valence-corrected chi connectivity index (χ2v) is 10.4. The minimum absolute atomic E-state index is 0. The van der Waals surface area contributed by atoms with Crippen LogP contribution in [0.5, 0.6) is 0 Å². The Morgan fingerprint density at radius 2 is 1.73 bits per heavy atom. The van der Waals surface area contributed by atoms with E-state index in [0.717, 1.165) is 41.1 Å². The highest BCUT2D eigenvalue weighted by molar-refractivity contribution is 5.75. The van der Waals surface area contributed by atoms with Gasteiger partial charge in [-0.25, -0.2) is 0 Å². The van der Waals surface area contributed by atoms with Crippen LogP contribution >= 0.6 is 0 Å². The van der Waals surface area contributed by atoms with Crippen LogP contribution in [0.2, 0.25) is 0 Å². The number of pyridine rings is 1. The molecule has 0 radical (unpaired) electrons. The van der Waals surface area contributed by atoms with E-state index in [0.29, 0.717) is 6.54 Å². The molecule has 6 heteroatoms. The molecule has 4 fully saturated rings. The smallest absolute Gasteiger partial charge is 0.286 e. The van der Waals surface area contributed by atoms with E-state index in [4.69, 9.17) is 0 Å². The van der Waals surface area contributed by atoms with E-state index in [1.165, 1.54) is 44.1 Å². The lowest BCUT2D eigenvalue weighted by Crippen LogP contribution is -3.00. The first-order chi connectivity index (χ1) is 15.6. The molecule has 7 rings (SSSR count). The summed E-state index contributed by atoms with van der Waals surface area (Å²) >= 11 is 0. The van der Waals surface area contributed by atoms with E-state index < -0.39 is 0 Å². The topological polar surface area (TPSA) is 61.7 Å². The van der Waals surface area contributed by atoms with Gasteiger partial charge in [0.05, 0.1) is 17.0 Å². The number of rotatable bonds is 6. The molecule has 0 unspecified atom stereocenters. The zero-order valence-electron chi connectivity index (χ0n) is 18.8. The number of hydrogen-bond acceptors (Lipinski definition) is 2. The first-order valence-electron chi connectivity index (χ1n) is 12.0. The van der Waals surface area contributed by atoms with Crippen LogP contribution in [0.4, 0.5) is 0 Å². The Morgan fingerprint density at radius 1 is 1.03 bits per heavy atom. The molecule has 0 aliphatic heterocycles. The molecule has 0 spiro atoms. The fraction of sp³-hybridized carbons (Fsp3) is 0.444. The van der Waals surface area contributed by atoms with Gasteiger partial charge < -0.3 is 17.7 Å². The highest BCUT2D eigenvalue weighted by Crippen LogP contribution is 2.55. The third-order valence-corrected chi connectivity index (χ3v) is 7.80. The van der Waals surface area contributed by atoms with Crippen molar-refractivity contribution in [2.24, 2.45) is 17.8 Å². The Balaban J connectivity index is 0.00000228. The van der Waals surface area contributed by atoms with Gasteiger partial charge in [-0.05, 0) is 74.0 Å². The summed E-state index contributed by atoms with van der Waals surface area (Å²) in [6.07, 6.45) is 12.6. The Labute approximate surface area is 201 Å². The Morgan fingerprint density at radius 3 is 2.42 bits per heavy atom. The number of nitrogens with one attached hydrogen (secondary N) is 2. The molecular weight excluding hydrogens is 432 g/mol. The van der Waals surface area contributed by atoms with E-state index in [-0.39, 0.29) is 23.9 Å². The maximum atomic E-state index is 13.0. The van der Waals surface area contributed by atoms with Gasteiger partial charge >= 0.3 is 0 Å². The van der Waals surface area contributed by atoms with E-state index in [1.807, 2.05) is 29.1 Å². The molecular formula is C27H31ClN4O. The van der Waals surface area contributed by atoms with Crippen LogP contribution in [0, 0.1) is 17.8 Å². The molecule has 4 saturated carbocycles. The molecule has 5 nitrogen and oxygen atoms in total. The molecule has 4 aliphatic rings. The van der Waals surface area contributed by atoms with Crippen LogP contribution in [0.15, 0.2) is 60.9 Å². The summed E-state index contributed by atoms with van der Waals surface area (Å²) in [5.41, 5.74) is 4.35. The van der Waals surface area contributed by atoms with Crippen LogP contribution in [-0.4, -0.2) is 21.6 Å². The quantitative estimate of drug-likeness (QED) is 0.538. The van der Waals surface area contributed by atoms with Gasteiger partial charge in [0.1, 0.15) is 0 Å². The number of halogens is 1. The fourth-order valence-electron chi connectivity index (χ4n) is 6.95. The number of hydrogen-bond donors (Lipinski definition) is 2. The second kappa shape index (κ2) is 8.94. The second-order valence-electron chi connectivity index (χ2n) is 10.4. The van der Waals surface area contributed by atoms with E-state index in [9.17, 15) is 4.79 Å². The molecule has 2 N–H and O–H groups in total. The average Bonchev–Trinajstić information content (AvgIpc) is 3.22. The number of aromatic amines is 1. The normalized spacial score (nSPS) is 27.2. The van der Waals surface area contributed by atoms with Crippen molar-refractivity contribution in [2.75, 3.05) is 0 Å². The Hall–Kier alpha value is -2.66. The molecule has 1 aromatic carbocycles. The van der Waals surface area contributed by atoms with E-state index in [1.54, 1.807) is 0 Å². The standard InChI is InChI=1S/C27H30N4O.ClH/c32-26(28-27-14-20-9-21(15-27)11-22(10-20)16-27)18-31-8-4-7-23(17-31)25-13-24(29-30-25)12-19-5-2-1-3-6-19;/h1-8,13,17,20-22H,9-12,14-16,18H2,(H-,28,29,30,32);1H. The Bertz CT molecular complexity index is 1090. The van der Waals surface area contributed by atoms with Crippen molar-refractivity contribution >= 4 is 5.91 Å². The molecule has 2 aromatic heterocycles. The van der Waals surface area contributed by atoms with Gasteiger partial charge in [0, 0.05) is 18.0 Å². The number of aromatic nitrogens is 3. The predicted octanol–water partition coefficient (Wildman–Crippen LogP) is 1.04. The number of nitrogens with zero attached hydrogens (tertiary/aromatic N) is 2. The third-order valence-electron chi connectivity index (χ3n) is 7.80. The monoisotopic (exact) mass is 462 g/mol. The minimum Gasteiger partial charge on any atom is -1.00 e. The molecule has 1 amide bonds. The highest BCUT2D eigenvalue weighted by Gasteiger charge is 2.51. The summed E-state index contributed by atoms with van der Waals surface area (Å²) in [7, 11) is 0. The van der Waals surface area contributed by atoms with Gasteiger partial charge in [0.15, 0.2) is 12.4 Å². The van der Waals surface area contributed by atoms with Crippen molar-refractivity contribution in [3.05, 3.63) is 72.2 Å². The molecule has 2 heterocycles. The molecule has 33 heavy (non-hydrogen) atoms.